The Kier molecular flexibility index (Phi) is 4.16. The van der Waals surface area contributed by atoms with Crippen LogP contribution in [0.1, 0.15) is 23.2 Å². The number of amides is 3. The van der Waals surface area contributed by atoms with E-state index in [1.165, 1.54) is 0 Å². The molecule has 0 atom stereocenters. The molecule has 1 saturated carbocycles. The van der Waals surface area contributed by atoms with E-state index in [0.29, 0.717) is 5.56 Å². The number of carbonyl (C=O) groups excluding carboxylic acids is 3. The van der Waals surface area contributed by atoms with E-state index >= 15 is 0 Å². The highest BCUT2D eigenvalue weighted by molar-refractivity contribution is 9.10. The fourth-order valence-corrected chi connectivity index (χ4v) is 1.75. The Morgan fingerprint density at radius 1 is 1.11 bits per heavy atom. The number of nitrogens with one attached hydrogen (secondary N) is 3. The first kappa shape index (κ1) is 13.5. The van der Waals surface area contributed by atoms with Crippen molar-refractivity contribution in [1.29, 1.82) is 0 Å². The van der Waals surface area contributed by atoms with Gasteiger partial charge in [0, 0.05) is 16.1 Å². The first-order chi connectivity index (χ1) is 9.06. The van der Waals surface area contributed by atoms with Crippen LogP contribution in [0.4, 0.5) is 0 Å². The molecule has 2 rings (SSSR count). The summed E-state index contributed by atoms with van der Waals surface area (Å²) in [6.07, 6.45) is 1.78. The zero-order valence-corrected chi connectivity index (χ0v) is 11.5. The van der Waals surface area contributed by atoms with E-state index in [1.54, 1.807) is 24.3 Å². The number of hydrogen-bond acceptors (Lipinski definition) is 3. The molecule has 1 fully saturated rings. The molecule has 0 aliphatic heterocycles. The lowest BCUT2D eigenvalue weighted by atomic mass is 10.2. The third kappa shape index (κ3) is 4.06. The van der Waals surface area contributed by atoms with Gasteiger partial charge in [0.15, 0.2) is 0 Å². The highest BCUT2D eigenvalue weighted by atomic mass is 79.9. The number of benzene rings is 1. The molecule has 3 amide bonds. The van der Waals surface area contributed by atoms with Gasteiger partial charge in [-0.05, 0) is 31.0 Å². The largest absolute Gasteiger partial charge is 0.345 e. The fraction of sp³-hybridized carbons (Fsp3) is 0.250. The van der Waals surface area contributed by atoms with Gasteiger partial charge in [-0.25, -0.2) is 0 Å². The van der Waals surface area contributed by atoms with Crippen LogP contribution in [0.15, 0.2) is 28.7 Å². The minimum atomic E-state index is -0.879. The van der Waals surface area contributed by atoms with E-state index in [-0.39, 0.29) is 6.04 Å². The average molecular weight is 326 g/mol. The van der Waals surface area contributed by atoms with Crippen molar-refractivity contribution in [1.82, 2.24) is 16.2 Å². The van der Waals surface area contributed by atoms with Crippen LogP contribution in [0.25, 0.3) is 0 Å². The summed E-state index contributed by atoms with van der Waals surface area (Å²) in [7, 11) is 0. The Balaban J connectivity index is 1.82. The van der Waals surface area contributed by atoms with Crippen molar-refractivity contribution in [3.8, 4) is 0 Å². The standard InChI is InChI=1S/C12H12BrN3O3/c13-8-3-1-2-7(6-8)10(17)15-16-12(19)11(18)14-9-4-5-9/h1-3,6,9H,4-5H2,(H,14,18)(H,15,17)(H,16,19). The second kappa shape index (κ2) is 5.83. The predicted octanol–water partition coefficient (Wildman–Crippen LogP) is 0.489. The number of carbonyl (C=O) groups is 3. The van der Waals surface area contributed by atoms with Gasteiger partial charge in [-0.15, -0.1) is 0 Å². The summed E-state index contributed by atoms with van der Waals surface area (Å²) in [4.78, 5) is 34.4. The molecular weight excluding hydrogens is 314 g/mol. The summed E-state index contributed by atoms with van der Waals surface area (Å²) >= 11 is 3.24. The minimum Gasteiger partial charge on any atom is -0.345 e. The molecule has 0 heterocycles. The van der Waals surface area contributed by atoms with Crippen molar-refractivity contribution in [3.63, 3.8) is 0 Å². The van der Waals surface area contributed by atoms with Crippen molar-refractivity contribution in [2.75, 3.05) is 0 Å². The van der Waals surface area contributed by atoms with Crippen LogP contribution >= 0.6 is 15.9 Å². The monoisotopic (exact) mass is 325 g/mol. The van der Waals surface area contributed by atoms with E-state index in [0.717, 1.165) is 17.3 Å². The summed E-state index contributed by atoms with van der Waals surface area (Å²) in [5.41, 5.74) is 4.62. The van der Waals surface area contributed by atoms with Gasteiger partial charge >= 0.3 is 11.8 Å². The van der Waals surface area contributed by atoms with Gasteiger partial charge in [0.25, 0.3) is 5.91 Å². The smallest absolute Gasteiger partial charge is 0.327 e. The van der Waals surface area contributed by atoms with E-state index in [2.05, 4.69) is 32.1 Å². The summed E-state index contributed by atoms with van der Waals surface area (Å²) in [6, 6.07) is 6.76. The van der Waals surface area contributed by atoms with Gasteiger partial charge in [0.05, 0.1) is 0 Å². The quantitative estimate of drug-likeness (QED) is 0.546. The highest BCUT2D eigenvalue weighted by Crippen LogP contribution is 2.18. The van der Waals surface area contributed by atoms with Crippen LogP contribution in [0.5, 0.6) is 0 Å². The first-order valence-corrected chi connectivity index (χ1v) is 6.52. The summed E-state index contributed by atoms with van der Waals surface area (Å²) < 4.78 is 0.748. The minimum absolute atomic E-state index is 0.0963. The van der Waals surface area contributed by atoms with Crippen LogP contribution in [0.2, 0.25) is 0 Å². The molecule has 0 bridgehead atoms. The normalized spacial score (nSPS) is 13.5. The van der Waals surface area contributed by atoms with Crippen LogP contribution in [-0.2, 0) is 9.59 Å². The third-order valence-electron chi connectivity index (χ3n) is 2.50. The SMILES string of the molecule is O=C(NNC(=O)c1cccc(Br)c1)C(=O)NC1CC1. The van der Waals surface area contributed by atoms with E-state index in [1.807, 2.05) is 0 Å². The fourth-order valence-electron chi connectivity index (χ4n) is 1.35. The lowest BCUT2D eigenvalue weighted by Crippen LogP contribution is -2.48. The maximum atomic E-state index is 11.7. The molecule has 0 radical (unpaired) electrons. The lowest BCUT2D eigenvalue weighted by molar-refractivity contribution is -0.139. The Morgan fingerprint density at radius 2 is 1.84 bits per heavy atom. The Morgan fingerprint density at radius 3 is 2.47 bits per heavy atom. The number of rotatable bonds is 2. The van der Waals surface area contributed by atoms with Crippen molar-refractivity contribution in [2.24, 2.45) is 0 Å². The molecule has 6 nitrogen and oxygen atoms in total. The molecule has 0 saturated heterocycles. The number of hydrazine groups is 1. The average Bonchev–Trinajstić information content (AvgIpc) is 3.19. The van der Waals surface area contributed by atoms with E-state index < -0.39 is 17.7 Å². The Hall–Kier alpha value is -1.89. The topological polar surface area (TPSA) is 87.3 Å². The maximum absolute atomic E-state index is 11.7. The number of hydrogen-bond donors (Lipinski definition) is 3. The predicted molar refractivity (Wildman–Crippen MR) is 70.9 cm³/mol. The van der Waals surface area contributed by atoms with Gasteiger partial charge < -0.3 is 5.32 Å². The van der Waals surface area contributed by atoms with Crippen LogP contribution in [0, 0.1) is 0 Å². The van der Waals surface area contributed by atoms with E-state index in [9.17, 15) is 14.4 Å². The first-order valence-electron chi connectivity index (χ1n) is 5.73. The second-order valence-corrected chi connectivity index (χ2v) is 5.08. The van der Waals surface area contributed by atoms with E-state index in [4.69, 9.17) is 0 Å². The zero-order chi connectivity index (χ0) is 13.8. The summed E-state index contributed by atoms with van der Waals surface area (Å²) in [5, 5.41) is 2.52. The third-order valence-corrected chi connectivity index (χ3v) is 2.99. The Labute approximate surface area is 118 Å². The van der Waals surface area contributed by atoms with Crippen LogP contribution in [-0.4, -0.2) is 23.8 Å². The van der Waals surface area contributed by atoms with Crippen molar-refractivity contribution in [2.45, 2.75) is 18.9 Å². The van der Waals surface area contributed by atoms with Gasteiger partial charge in [-0.1, -0.05) is 22.0 Å². The van der Waals surface area contributed by atoms with Crippen molar-refractivity contribution < 1.29 is 14.4 Å². The molecule has 19 heavy (non-hydrogen) atoms. The Bertz CT molecular complexity index is 529. The highest BCUT2D eigenvalue weighted by Gasteiger charge is 2.26. The van der Waals surface area contributed by atoms with Crippen molar-refractivity contribution in [3.05, 3.63) is 34.3 Å². The molecule has 3 N–H and O–H groups in total. The molecule has 0 spiro atoms. The molecule has 0 aromatic heterocycles. The molecule has 1 aliphatic carbocycles. The maximum Gasteiger partial charge on any atom is 0.327 e. The molecule has 0 unspecified atom stereocenters. The van der Waals surface area contributed by atoms with Crippen LogP contribution in [0.3, 0.4) is 0 Å². The lowest BCUT2D eigenvalue weighted by Gasteiger charge is -2.07. The molecule has 1 aliphatic rings. The summed E-state index contributed by atoms with van der Waals surface area (Å²) in [5.74, 6) is -2.11. The summed E-state index contributed by atoms with van der Waals surface area (Å²) in [6.45, 7) is 0. The van der Waals surface area contributed by atoms with Gasteiger partial charge in [-0.3, -0.25) is 25.2 Å². The number of halogens is 1. The molecule has 1 aromatic rings. The zero-order valence-electron chi connectivity index (χ0n) is 9.90. The molecule has 7 heteroatoms. The molecule has 1 aromatic carbocycles. The molecule has 100 valence electrons. The van der Waals surface area contributed by atoms with Crippen LogP contribution < -0.4 is 16.2 Å². The van der Waals surface area contributed by atoms with Gasteiger partial charge in [-0.2, -0.15) is 0 Å². The molecular formula is C12H12BrN3O3. The van der Waals surface area contributed by atoms with Crippen molar-refractivity contribution >= 4 is 33.7 Å². The van der Waals surface area contributed by atoms with Gasteiger partial charge in [0.2, 0.25) is 0 Å². The second-order valence-electron chi connectivity index (χ2n) is 4.17. The van der Waals surface area contributed by atoms with Gasteiger partial charge in [0.1, 0.15) is 0 Å².